The van der Waals surface area contributed by atoms with Crippen molar-refractivity contribution in [2.75, 3.05) is 46.9 Å². The molecule has 0 amide bonds. The molecule has 1 aliphatic heterocycles. The van der Waals surface area contributed by atoms with E-state index in [-0.39, 0.29) is 24.0 Å². The number of aliphatic imine (C=N–C) groups is 1. The van der Waals surface area contributed by atoms with Crippen molar-refractivity contribution in [1.29, 1.82) is 0 Å². The third-order valence-electron chi connectivity index (χ3n) is 5.62. The van der Waals surface area contributed by atoms with Gasteiger partial charge in [0.1, 0.15) is 5.75 Å². The van der Waals surface area contributed by atoms with E-state index in [1.54, 1.807) is 7.11 Å². The molecule has 1 fully saturated rings. The summed E-state index contributed by atoms with van der Waals surface area (Å²) >= 11 is 0. The highest BCUT2D eigenvalue weighted by Gasteiger charge is 2.12. The van der Waals surface area contributed by atoms with E-state index in [2.05, 4.69) is 58.7 Å². The molecule has 0 bridgehead atoms. The number of methoxy groups -OCH3 is 1. The van der Waals surface area contributed by atoms with Crippen LogP contribution in [0, 0.1) is 0 Å². The molecule has 0 saturated carbocycles. The van der Waals surface area contributed by atoms with Crippen LogP contribution in [-0.4, -0.2) is 62.6 Å². The highest BCUT2D eigenvalue weighted by atomic mass is 127. The molecule has 7 heteroatoms. The van der Waals surface area contributed by atoms with E-state index in [9.17, 15) is 0 Å². The molecule has 0 aliphatic carbocycles. The minimum Gasteiger partial charge on any atom is -0.497 e. The summed E-state index contributed by atoms with van der Waals surface area (Å²) < 4.78 is 5.22. The minimum atomic E-state index is 0. The zero-order valence-corrected chi connectivity index (χ0v) is 22.0. The molecule has 1 heterocycles. The normalized spacial score (nSPS) is 15.5. The number of rotatable bonds is 8. The maximum atomic E-state index is 5.22. The van der Waals surface area contributed by atoms with Gasteiger partial charge in [-0.25, -0.2) is 4.99 Å². The number of hydrogen-bond donors (Lipinski definition) is 2. The van der Waals surface area contributed by atoms with Crippen LogP contribution in [0.3, 0.4) is 0 Å². The molecule has 32 heavy (non-hydrogen) atoms. The van der Waals surface area contributed by atoms with Crippen molar-refractivity contribution in [1.82, 2.24) is 20.4 Å². The van der Waals surface area contributed by atoms with Crippen LogP contribution in [-0.2, 0) is 19.6 Å². The third-order valence-corrected chi connectivity index (χ3v) is 5.62. The fraction of sp³-hybridized carbons (Fsp3) is 0.480. The molecule has 2 aromatic rings. The molecule has 0 unspecified atom stereocenters. The summed E-state index contributed by atoms with van der Waals surface area (Å²) in [6.07, 6.45) is 1.25. The SMILES string of the molecule is CCNC(=NCc1ccc(OC)cc1)NCc1ccc(CN2CCCN(C)CC2)cc1.I. The largest absolute Gasteiger partial charge is 0.497 e. The Hall–Kier alpha value is -1.84. The molecule has 1 aliphatic rings. The Kier molecular flexibility index (Phi) is 11.8. The van der Waals surface area contributed by atoms with E-state index >= 15 is 0 Å². The van der Waals surface area contributed by atoms with Gasteiger partial charge in [0, 0.05) is 32.7 Å². The number of nitrogens with zero attached hydrogens (tertiary/aromatic N) is 3. The van der Waals surface area contributed by atoms with Gasteiger partial charge in [-0.05, 0) is 62.3 Å². The molecule has 0 atom stereocenters. The predicted molar refractivity (Wildman–Crippen MR) is 144 cm³/mol. The second kappa shape index (κ2) is 14.3. The summed E-state index contributed by atoms with van der Waals surface area (Å²) in [4.78, 5) is 9.69. The number of likely N-dealkylation sites (N-methyl/N-ethyl adjacent to an activating group) is 1. The molecule has 0 spiro atoms. The number of halogens is 1. The van der Waals surface area contributed by atoms with Crippen molar-refractivity contribution in [3.05, 3.63) is 65.2 Å². The average molecular weight is 552 g/mol. The first-order valence-corrected chi connectivity index (χ1v) is 11.3. The Morgan fingerprint density at radius 1 is 0.906 bits per heavy atom. The van der Waals surface area contributed by atoms with Crippen LogP contribution in [0.2, 0.25) is 0 Å². The third kappa shape index (κ3) is 8.96. The van der Waals surface area contributed by atoms with Gasteiger partial charge < -0.3 is 20.3 Å². The van der Waals surface area contributed by atoms with Crippen LogP contribution >= 0.6 is 24.0 Å². The smallest absolute Gasteiger partial charge is 0.191 e. The van der Waals surface area contributed by atoms with Crippen LogP contribution < -0.4 is 15.4 Å². The van der Waals surface area contributed by atoms with Crippen molar-refractivity contribution in [3.8, 4) is 5.75 Å². The van der Waals surface area contributed by atoms with Gasteiger partial charge in [0.05, 0.1) is 13.7 Å². The monoisotopic (exact) mass is 551 g/mol. The second-order valence-electron chi connectivity index (χ2n) is 8.15. The highest BCUT2D eigenvalue weighted by molar-refractivity contribution is 14.0. The Bertz CT molecular complexity index is 810. The molecule has 2 aromatic carbocycles. The zero-order chi connectivity index (χ0) is 21.9. The topological polar surface area (TPSA) is 52.1 Å². The highest BCUT2D eigenvalue weighted by Crippen LogP contribution is 2.12. The standard InChI is InChI=1S/C25H37N5O.HI/c1-4-26-25(28-19-22-10-12-24(31-3)13-11-22)27-18-21-6-8-23(9-7-21)20-30-15-5-14-29(2)16-17-30;/h6-13H,4-5,14-20H2,1-3H3,(H2,26,27,28);1H. The Labute approximate surface area is 210 Å². The lowest BCUT2D eigenvalue weighted by Gasteiger charge is -2.20. The van der Waals surface area contributed by atoms with Crippen LogP contribution in [0.25, 0.3) is 0 Å². The van der Waals surface area contributed by atoms with Crippen LogP contribution in [0.1, 0.15) is 30.0 Å². The molecular weight excluding hydrogens is 513 g/mol. The fourth-order valence-corrected chi connectivity index (χ4v) is 3.71. The predicted octanol–water partition coefficient (Wildman–Crippen LogP) is 3.71. The van der Waals surface area contributed by atoms with Gasteiger partial charge in [0.2, 0.25) is 0 Å². The van der Waals surface area contributed by atoms with Crippen LogP contribution in [0.15, 0.2) is 53.5 Å². The van der Waals surface area contributed by atoms with E-state index in [1.165, 1.54) is 30.6 Å². The van der Waals surface area contributed by atoms with Crippen molar-refractivity contribution < 1.29 is 4.74 Å². The average Bonchev–Trinajstić information content (AvgIpc) is 3.01. The Morgan fingerprint density at radius 3 is 2.28 bits per heavy atom. The number of hydrogen-bond acceptors (Lipinski definition) is 4. The summed E-state index contributed by atoms with van der Waals surface area (Å²) in [6, 6.07) is 17.0. The van der Waals surface area contributed by atoms with Crippen molar-refractivity contribution in [2.45, 2.75) is 33.0 Å². The van der Waals surface area contributed by atoms with E-state index < -0.39 is 0 Å². The quantitative estimate of drug-likeness (QED) is 0.298. The number of benzene rings is 2. The van der Waals surface area contributed by atoms with Gasteiger partial charge >= 0.3 is 0 Å². The maximum Gasteiger partial charge on any atom is 0.191 e. The maximum absolute atomic E-state index is 5.22. The van der Waals surface area contributed by atoms with E-state index in [0.29, 0.717) is 6.54 Å². The molecule has 176 valence electrons. The molecule has 2 N–H and O–H groups in total. The van der Waals surface area contributed by atoms with Crippen molar-refractivity contribution >= 4 is 29.9 Å². The molecule has 3 rings (SSSR count). The summed E-state index contributed by atoms with van der Waals surface area (Å²) in [5.41, 5.74) is 3.80. The lowest BCUT2D eigenvalue weighted by atomic mass is 10.1. The van der Waals surface area contributed by atoms with Gasteiger partial charge in [-0.3, -0.25) is 4.90 Å². The molecule has 6 nitrogen and oxygen atoms in total. The van der Waals surface area contributed by atoms with Gasteiger partial charge in [0.15, 0.2) is 5.96 Å². The lowest BCUT2D eigenvalue weighted by molar-refractivity contribution is 0.269. The second-order valence-corrected chi connectivity index (χ2v) is 8.15. The van der Waals surface area contributed by atoms with Crippen LogP contribution in [0.5, 0.6) is 5.75 Å². The summed E-state index contributed by atoms with van der Waals surface area (Å²) in [5, 5.41) is 6.77. The minimum absolute atomic E-state index is 0. The fourth-order valence-electron chi connectivity index (χ4n) is 3.71. The molecular formula is C25H38IN5O. The number of nitrogens with one attached hydrogen (secondary N) is 2. The van der Waals surface area contributed by atoms with Crippen molar-refractivity contribution in [3.63, 3.8) is 0 Å². The Balaban J connectivity index is 0.00000363. The van der Waals surface area contributed by atoms with Gasteiger partial charge in [0.25, 0.3) is 0 Å². The van der Waals surface area contributed by atoms with E-state index in [1.807, 2.05) is 24.3 Å². The first-order valence-electron chi connectivity index (χ1n) is 11.3. The molecule has 0 aromatic heterocycles. The zero-order valence-electron chi connectivity index (χ0n) is 19.6. The first kappa shape index (κ1) is 26.4. The Morgan fingerprint density at radius 2 is 1.59 bits per heavy atom. The van der Waals surface area contributed by atoms with Crippen LogP contribution in [0.4, 0.5) is 0 Å². The summed E-state index contributed by atoms with van der Waals surface area (Å²) in [5.74, 6) is 1.69. The van der Waals surface area contributed by atoms with Gasteiger partial charge in [-0.15, -0.1) is 24.0 Å². The van der Waals surface area contributed by atoms with E-state index in [0.717, 1.165) is 50.0 Å². The van der Waals surface area contributed by atoms with Gasteiger partial charge in [-0.1, -0.05) is 36.4 Å². The van der Waals surface area contributed by atoms with E-state index in [4.69, 9.17) is 9.73 Å². The summed E-state index contributed by atoms with van der Waals surface area (Å²) in [6.45, 7) is 10.0. The summed E-state index contributed by atoms with van der Waals surface area (Å²) in [7, 11) is 3.90. The van der Waals surface area contributed by atoms with Crippen molar-refractivity contribution in [2.24, 2.45) is 4.99 Å². The number of ether oxygens (including phenoxy) is 1. The first-order chi connectivity index (χ1) is 15.2. The lowest BCUT2D eigenvalue weighted by Crippen LogP contribution is -2.36. The van der Waals surface area contributed by atoms with Gasteiger partial charge in [-0.2, -0.15) is 0 Å². The molecule has 1 saturated heterocycles. The number of guanidine groups is 1. The molecule has 0 radical (unpaired) electrons.